The third-order valence-electron chi connectivity index (χ3n) is 11.2. The molecule has 2 nitrogen and oxygen atoms in total. The van der Waals surface area contributed by atoms with Crippen molar-refractivity contribution < 1.29 is 9.90 Å². The van der Waals surface area contributed by atoms with Crippen molar-refractivity contribution in [3.63, 3.8) is 0 Å². The van der Waals surface area contributed by atoms with Crippen LogP contribution in [0.3, 0.4) is 0 Å². The standard InChI is InChI=1S/C30H46O2/c1-20(19-31)9-8-10-21(2)22-13-17-30(7)24-11-12-25-27(3,4)26(32)15-16-28(25,5)23(24)14-18-29(22,30)6/h9,11,14,19,21-22,25-26,32H,8,10,12-13,15-18H2,1-7H3/t21-,22-,25+,26+,28-,29-,30+/m1/s1. The number of hydrogen-bond acceptors (Lipinski definition) is 2. The molecule has 0 heterocycles. The number of rotatable bonds is 5. The lowest BCUT2D eigenvalue weighted by Gasteiger charge is -2.61. The Balaban J connectivity index is 1.63. The summed E-state index contributed by atoms with van der Waals surface area (Å²) in [4.78, 5) is 10.9. The number of aldehydes is 1. The van der Waals surface area contributed by atoms with Crippen molar-refractivity contribution in [2.45, 2.75) is 106 Å². The van der Waals surface area contributed by atoms with Crippen LogP contribution in [0.2, 0.25) is 0 Å². The van der Waals surface area contributed by atoms with E-state index in [9.17, 15) is 9.90 Å². The fourth-order valence-corrected chi connectivity index (χ4v) is 8.77. The lowest BCUT2D eigenvalue weighted by Crippen LogP contribution is -2.54. The minimum Gasteiger partial charge on any atom is -0.393 e. The molecule has 32 heavy (non-hydrogen) atoms. The maximum atomic E-state index is 10.9. The molecule has 0 aromatic heterocycles. The lowest BCUT2D eigenvalue weighted by atomic mass is 9.44. The Kier molecular flexibility index (Phi) is 5.97. The van der Waals surface area contributed by atoms with Gasteiger partial charge in [-0.3, -0.25) is 4.79 Å². The predicted octanol–water partition coefficient (Wildman–Crippen LogP) is 7.43. The van der Waals surface area contributed by atoms with Crippen LogP contribution < -0.4 is 0 Å². The highest BCUT2D eigenvalue weighted by Gasteiger charge is 2.62. The second kappa shape index (κ2) is 7.97. The zero-order valence-corrected chi connectivity index (χ0v) is 21.6. The molecule has 0 aliphatic heterocycles. The largest absolute Gasteiger partial charge is 0.393 e. The van der Waals surface area contributed by atoms with E-state index >= 15 is 0 Å². The van der Waals surface area contributed by atoms with E-state index in [2.05, 4.69) is 59.8 Å². The summed E-state index contributed by atoms with van der Waals surface area (Å²) in [7, 11) is 0. The highest BCUT2D eigenvalue weighted by Crippen LogP contribution is 2.71. The van der Waals surface area contributed by atoms with Crippen LogP contribution in [-0.4, -0.2) is 17.5 Å². The van der Waals surface area contributed by atoms with E-state index in [0.29, 0.717) is 17.3 Å². The predicted molar refractivity (Wildman–Crippen MR) is 133 cm³/mol. The monoisotopic (exact) mass is 438 g/mol. The molecule has 0 bridgehead atoms. The molecule has 4 aliphatic rings. The zero-order valence-electron chi connectivity index (χ0n) is 21.6. The summed E-state index contributed by atoms with van der Waals surface area (Å²) in [6, 6.07) is 0. The van der Waals surface area contributed by atoms with E-state index in [1.54, 1.807) is 11.1 Å². The van der Waals surface area contributed by atoms with Crippen LogP contribution in [0.1, 0.15) is 99.8 Å². The summed E-state index contributed by atoms with van der Waals surface area (Å²) in [5.74, 6) is 1.92. The summed E-state index contributed by atoms with van der Waals surface area (Å²) in [6.45, 7) is 16.6. The van der Waals surface area contributed by atoms with Crippen LogP contribution in [0.5, 0.6) is 0 Å². The van der Waals surface area contributed by atoms with Crippen molar-refractivity contribution >= 4 is 6.29 Å². The quantitative estimate of drug-likeness (QED) is 0.358. The van der Waals surface area contributed by atoms with Gasteiger partial charge in [-0.15, -0.1) is 0 Å². The van der Waals surface area contributed by atoms with E-state index in [-0.39, 0.29) is 22.3 Å². The summed E-state index contributed by atoms with van der Waals surface area (Å²) in [5.41, 5.74) is 4.86. The van der Waals surface area contributed by atoms with Crippen LogP contribution in [0.15, 0.2) is 34.9 Å². The lowest BCUT2D eigenvalue weighted by molar-refractivity contribution is -0.104. The first-order valence-corrected chi connectivity index (χ1v) is 13.1. The number of fused-ring (bicyclic) bond motifs is 5. The van der Waals surface area contributed by atoms with Crippen molar-refractivity contribution in [2.75, 3.05) is 0 Å². The Labute approximate surface area is 196 Å². The van der Waals surface area contributed by atoms with Gasteiger partial charge in [0.1, 0.15) is 6.29 Å². The third-order valence-corrected chi connectivity index (χ3v) is 11.2. The van der Waals surface area contributed by atoms with Crippen LogP contribution in [0, 0.1) is 39.4 Å². The first kappa shape index (κ1) is 24.0. The van der Waals surface area contributed by atoms with Gasteiger partial charge in [0.2, 0.25) is 0 Å². The molecule has 1 N–H and O–H groups in total. The highest BCUT2D eigenvalue weighted by atomic mass is 16.3. The summed E-state index contributed by atoms with van der Waals surface area (Å²) in [5, 5.41) is 10.8. The van der Waals surface area contributed by atoms with Gasteiger partial charge in [0.05, 0.1) is 6.10 Å². The Morgan fingerprint density at radius 2 is 1.84 bits per heavy atom. The number of aliphatic hydroxyl groups is 1. The molecule has 0 unspecified atom stereocenters. The number of hydrogen-bond donors (Lipinski definition) is 1. The van der Waals surface area contributed by atoms with Crippen molar-refractivity contribution in [1.82, 2.24) is 0 Å². The van der Waals surface area contributed by atoms with Gasteiger partial charge in [-0.25, -0.2) is 0 Å². The molecule has 0 aromatic rings. The molecular weight excluding hydrogens is 392 g/mol. The van der Waals surface area contributed by atoms with Crippen LogP contribution in [0.25, 0.3) is 0 Å². The Hall–Kier alpha value is -1.15. The maximum absolute atomic E-state index is 10.9. The van der Waals surface area contributed by atoms with Gasteiger partial charge in [0.25, 0.3) is 0 Å². The molecule has 7 atom stereocenters. The Bertz CT molecular complexity index is 860. The normalized spacial score (nSPS) is 44.0. The zero-order chi connectivity index (χ0) is 23.5. The fourth-order valence-electron chi connectivity index (χ4n) is 8.77. The highest BCUT2D eigenvalue weighted by molar-refractivity contribution is 5.71. The van der Waals surface area contributed by atoms with Crippen molar-refractivity contribution in [2.24, 2.45) is 39.4 Å². The average Bonchev–Trinajstić information content (AvgIpc) is 3.02. The van der Waals surface area contributed by atoms with Gasteiger partial charge < -0.3 is 5.11 Å². The molecule has 0 saturated heterocycles. The van der Waals surface area contributed by atoms with Crippen LogP contribution in [0.4, 0.5) is 0 Å². The molecule has 0 amide bonds. The van der Waals surface area contributed by atoms with Gasteiger partial charge in [0.15, 0.2) is 0 Å². The maximum Gasteiger partial charge on any atom is 0.145 e. The van der Waals surface area contributed by atoms with E-state index < -0.39 is 0 Å². The number of aliphatic hydroxyl groups excluding tert-OH is 1. The summed E-state index contributed by atoms with van der Waals surface area (Å²) >= 11 is 0. The Morgan fingerprint density at radius 1 is 1.12 bits per heavy atom. The minimum absolute atomic E-state index is 0.0303. The molecule has 2 heteroatoms. The third kappa shape index (κ3) is 3.26. The number of allylic oxidation sites excluding steroid dienone is 6. The van der Waals surface area contributed by atoms with Gasteiger partial charge >= 0.3 is 0 Å². The fraction of sp³-hybridized carbons (Fsp3) is 0.767. The smallest absolute Gasteiger partial charge is 0.145 e. The molecule has 2 saturated carbocycles. The number of carbonyl (C=O) groups excluding carboxylic acids is 1. The van der Waals surface area contributed by atoms with Gasteiger partial charge in [-0.1, -0.05) is 59.8 Å². The first-order valence-electron chi connectivity index (χ1n) is 13.1. The van der Waals surface area contributed by atoms with Gasteiger partial charge in [-0.05, 0) is 114 Å². The molecule has 2 fully saturated rings. The van der Waals surface area contributed by atoms with Crippen molar-refractivity contribution in [1.29, 1.82) is 0 Å². The van der Waals surface area contributed by atoms with Crippen LogP contribution in [-0.2, 0) is 4.79 Å². The Morgan fingerprint density at radius 3 is 2.53 bits per heavy atom. The molecule has 4 rings (SSSR count). The van der Waals surface area contributed by atoms with E-state index in [1.807, 2.05) is 6.92 Å². The van der Waals surface area contributed by atoms with Crippen molar-refractivity contribution in [3.8, 4) is 0 Å². The molecule has 4 aliphatic carbocycles. The SMILES string of the molecule is CC(C=O)=CCC[C@@H](C)[C@H]1CC[C@@]2(C)C3=CC[C@H]4C(C)(C)[C@@H](O)CC[C@]4(C)C3=CC[C@]12C. The second-order valence-corrected chi connectivity index (χ2v) is 13.0. The molecular formula is C30H46O2. The average molecular weight is 439 g/mol. The molecule has 0 spiro atoms. The van der Waals surface area contributed by atoms with Gasteiger partial charge in [-0.2, -0.15) is 0 Å². The van der Waals surface area contributed by atoms with Crippen LogP contribution >= 0.6 is 0 Å². The molecule has 0 radical (unpaired) electrons. The molecule has 178 valence electrons. The van der Waals surface area contributed by atoms with E-state index in [4.69, 9.17) is 0 Å². The summed E-state index contributed by atoms with van der Waals surface area (Å²) in [6.07, 6.45) is 17.2. The van der Waals surface area contributed by atoms with Crippen molar-refractivity contribution in [3.05, 3.63) is 34.9 Å². The number of carbonyl (C=O) groups is 1. The van der Waals surface area contributed by atoms with Gasteiger partial charge in [0, 0.05) is 0 Å². The summed E-state index contributed by atoms with van der Waals surface area (Å²) < 4.78 is 0. The minimum atomic E-state index is -0.186. The topological polar surface area (TPSA) is 37.3 Å². The van der Waals surface area contributed by atoms with E-state index in [0.717, 1.165) is 43.5 Å². The second-order valence-electron chi connectivity index (χ2n) is 13.0. The molecule has 0 aromatic carbocycles. The first-order chi connectivity index (χ1) is 14.9. The van der Waals surface area contributed by atoms with E-state index in [1.165, 1.54) is 25.7 Å².